The molecule has 5 aromatic heterocycles. The van der Waals surface area contributed by atoms with Crippen LogP contribution in [0.15, 0.2) is 52.9 Å². The number of hydrogen-bond donors (Lipinski definition) is 1. The predicted molar refractivity (Wildman–Crippen MR) is 123 cm³/mol. The summed E-state index contributed by atoms with van der Waals surface area (Å²) in [5, 5.41) is 8.60. The number of anilines is 1. The monoisotopic (exact) mass is 447 g/mol. The second-order valence-corrected chi connectivity index (χ2v) is 9.24. The van der Waals surface area contributed by atoms with Gasteiger partial charge in [-0.15, -0.1) is 11.3 Å². The second kappa shape index (κ2) is 7.13. The molecule has 6 rings (SSSR count). The molecule has 0 bridgehead atoms. The van der Waals surface area contributed by atoms with E-state index >= 15 is 0 Å². The van der Waals surface area contributed by atoms with Crippen LogP contribution in [0.4, 0.5) is 5.82 Å². The van der Waals surface area contributed by atoms with Crippen molar-refractivity contribution in [1.29, 1.82) is 0 Å². The molecule has 6 heterocycles. The molecule has 1 atom stereocenters. The van der Waals surface area contributed by atoms with Gasteiger partial charge in [-0.2, -0.15) is 5.10 Å². The number of rotatable bonds is 4. The Bertz CT molecular complexity index is 1450. The van der Waals surface area contributed by atoms with Crippen molar-refractivity contribution in [2.24, 2.45) is 0 Å². The minimum absolute atomic E-state index is 0.0378. The van der Waals surface area contributed by atoms with E-state index in [1.54, 1.807) is 23.7 Å². The third-order valence-corrected chi connectivity index (χ3v) is 6.57. The lowest BCUT2D eigenvalue weighted by Gasteiger charge is -2.16. The summed E-state index contributed by atoms with van der Waals surface area (Å²) >= 11 is 1.64. The Morgan fingerprint density at radius 2 is 2.12 bits per heavy atom. The van der Waals surface area contributed by atoms with Gasteiger partial charge >= 0.3 is 0 Å². The summed E-state index contributed by atoms with van der Waals surface area (Å²) in [6, 6.07) is 4.02. The van der Waals surface area contributed by atoms with Crippen LogP contribution < -0.4 is 5.73 Å². The maximum Gasteiger partial charge on any atom is 0.177 e. The summed E-state index contributed by atoms with van der Waals surface area (Å²) in [6.07, 6.45) is 9.20. The van der Waals surface area contributed by atoms with E-state index in [9.17, 15) is 0 Å². The van der Waals surface area contributed by atoms with Gasteiger partial charge < -0.3 is 19.6 Å². The molecule has 1 unspecified atom stereocenters. The fourth-order valence-corrected chi connectivity index (χ4v) is 5.06. The van der Waals surface area contributed by atoms with Crippen molar-refractivity contribution < 1.29 is 13.9 Å². The fourth-order valence-electron chi connectivity index (χ4n) is 4.14. The third-order valence-electron chi connectivity index (χ3n) is 5.63. The average molecular weight is 448 g/mol. The van der Waals surface area contributed by atoms with Crippen LogP contribution in [0.5, 0.6) is 0 Å². The zero-order valence-electron chi connectivity index (χ0n) is 17.6. The van der Waals surface area contributed by atoms with Gasteiger partial charge in [0, 0.05) is 57.6 Å². The van der Waals surface area contributed by atoms with Gasteiger partial charge in [0.15, 0.2) is 17.2 Å². The molecule has 0 spiro atoms. The molecule has 0 amide bonds. The normalized spacial score (nSPS) is 18.1. The third kappa shape index (κ3) is 3.26. The second-order valence-electron chi connectivity index (χ2n) is 8.33. The highest BCUT2D eigenvalue weighted by molar-refractivity contribution is 7.17. The van der Waals surface area contributed by atoms with E-state index in [4.69, 9.17) is 19.6 Å². The zero-order chi connectivity index (χ0) is 21.9. The highest BCUT2D eigenvalue weighted by Gasteiger charge is 2.33. The van der Waals surface area contributed by atoms with Gasteiger partial charge in [0.1, 0.15) is 11.9 Å². The van der Waals surface area contributed by atoms with Crippen LogP contribution in [0.25, 0.3) is 43.5 Å². The first kappa shape index (κ1) is 19.4. The van der Waals surface area contributed by atoms with Crippen molar-refractivity contribution in [2.45, 2.75) is 32.3 Å². The number of pyridine rings is 2. The zero-order valence-corrected chi connectivity index (χ0v) is 18.4. The number of nitrogen functional groups attached to an aromatic ring is 1. The number of ether oxygens (including phenoxy) is 2. The average Bonchev–Trinajstić information content (AvgIpc) is 3.54. The van der Waals surface area contributed by atoms with Gasteiger partial charge in [0.05, 0.1) is 24.0 Å². The Balaban J connectivity index is 1.38. The quantitative estimate of drug-likeness (QED) is 0.426. The molecule has 0 saturated carbocycles. The molecule has 9 heteroatoms. The van der Waals surface area contributed by atoms with Crippen LogP contribution in [0.1, 0.15) is 13.8 Å². The van der Waals surface area contributed by atoms with Crippen molar-refractivity contribution in [3.8, 4) is 22.5 Å². The molecule has 0 radical (unpaired) electrons. The minimum atomic E-state index is -0.553. The summed E-state index contributed by atoms with van der Waals surface area (Å²) in [6.45, 7) is 5.00. The van der Waals surface area contributed by atoms with Gasteiger partial charge in [-0.3, -0.25) is 9.67 Å². The molecule has 0 aromatic carbocycles. The Morgan fingerprint density at radius 3 is 2.97 bits per heavy atom. The lowest BCUT2D eigenvalue weighted by Crippen LogP contribution is -2.24. The van der Waals surface area contributed by atoms with Crippen molar-refractivity contribution in [3.63, 3.8) is 0 Å². The smallest absolute Gasteiger partial charge is 0.177 e. The highest BCUT2D eigenvalue weighted by atomic mass is 32.1. The number of fused-ring (bicyclic) bond motifs is 2. The maximum atomic E-state index is 6.19. The van der Waals surface area contributed by atoms with Crippen molar-refractivity contribution in [1.82, 2.24) is 19.7 Å². The van der Waals surface area contributed by atoms with E-state index in [0.29, 0.717) is 24.6 Å². The first-order valence-electron chi connectivity index (χ1n) is 10.3. The van der Waals surface area contributed by atoms with E-state index in [-0.39, 0.29) is 6.10 Å². The van der Waals surface area contributed by atoms with Crippen LogP contribution in [0, 0.1) is 0 Å². The van der Waals surface area contributed by atoms with Crippen LogP contribution in [0.3, 0.4) is 0 Å². The molecule has 32 heavy (non-hydrogen) atoms. The number of thiophene rings is 1. The van der Waals surface area contributed by atoms with Gasteiger partial charge in [0.2, 0.25) is 0 Å². The molecule has 162 valence electrons. The molecule has 2 N–H and O–H groups in total. The largest absolute Gasteiger partial charge is 0.452 e. The first-order valence-corrected chi connectivity index (χ1v) is 11.2. The van der Waals surface area contributed by atoms with Crippen molar-refractivity contribution >= 4 is 38.2 Å². The Labute approximate surface area is 187 Å². The van der Waals surface area contributed by atoms with E-state index < -0.39 is 5.79 Å². The summed E-state index contributed by atoms with van der Waals surface area (Å²) < 4.78 is 20.7. The number of aromatic nitrogens is 4. The SMILES string of the molecule is CC1(C)OCC(Cn2cc(-c3cnc(N)c4oc(-c5csc6cnccc56)cc34)cn2)O1. The number of nitrogens with two attached hydrogens (primary N) is 1. The van der Waals surface area contributed by atoms with E-state index in [1.807, 2.05) is 49.3 Å². The van der Waals surface area contributed by atoms with Crippen LogP contribution in [-0.4, -0.2) is 38.2 Å². The van der Waals surface area contributed by atoms with Gasteiger partial charge in [0.25, 0.3) is 0 Å². The molecule has 1 saturated heterocycles. The number of hydrogen-bond acceptors (Lipinski definition) is 8. The van der Waals surface area contributed by atoms with E-state index in [0.717, 1.165) is 37.9 Å². The highest BCUT2D eigenvalue weighted by Crippen LogP contribution is 2.40. The Morgan fingerprint density at radius 1 is 1.22 bits per heavy atom. The molecule has 5 aromatic rings. The Kier molecular flexibility index (Phi) is 4.32. The summed E-state index contributed by atoms with van der Waals surface area (Å²) in [7, 11) is 0. The first-order chi connectivity index (χ1) is 15.5. The van der Waals surface area contributed by atoms with Crippen LogP contribution in [-0.2, 0) is 16.0 Å². The molecular formula is C23H21N5O3S. The van der Waals surface area contributed by atoms with Crippen molar-refractivity contribution in [3.05, 3.63) is 48.5 Å². The molecular weight excluding hydrogens is 426 g/mol. The molecule has 1 aliphatic rings. The topological polar surface area (TPSA) is 101 Å². The lowest BCUT2D eigenvalue weighted by molar-refractivity contribution is -0.139. The summed E-state index contributed by atoms with van der Waals surface area (Å²) in [5.74, 6) is 0.565. The minimum Gasteiger partial charge on any atom is -0.452 e. The van der Waals surface area contributed by atoms with Crippen LogP contribution >= 0.6 is 11.3 Å². The van der Waals surface area contributed by atoms with E-state index in [1.165, 1.54) is 0 Å². The summed E-state index contributed by atoms with van der Waals surface area (Å²) in [5.41, 5.74) is 9.61. The van der Waals surface area contributed by atoms with Gasteiger partial charge in [-0.1, -0.05) is 0 Å². The van der Waals surface area contributed by atoms with Gasteiger partial charge in [-0.25, -0.2) is 4.98 Å². The lowest BCUT2D eigenvalue weighted by atomic mass is 10.1. The maximum absolute atomic E-state index is 6.19. The summed E-state index contributed by atoms with van der Waals surface area (Å²) in [4.78, 5) is 8.57. The van der Waals surface area contributed by atoms with Crippen molar-refractivity contribution in [2.75, 3.05) is 12.3 Å². The van der Waals surface area contributed by atoms with Crippen LogP contribution in [0.2, 0.25) is 0 Å². The molecule has 0 aliphatic carbocycles. The molecule has 1 aliphatic heterocycles. The standard InChI is InChI=1S/C23H21N5O3S/c1-23(2)29-11-14(31-23)10-28-9-13(6-27-28)17-7-26-22(24)21-16(17)5-19(30-21)18-12-32-20-8-25-4-3-15(18)20/h3-9,12,14H,10-11H2,1-2H3,(H2,24,26). The predicted octanol–water partition coefficient (Wildman–Crippen LogP) is 4.70. The number of furan rings is 1. The molecule has 1 fully saturated rings. The Hall–Kier alpha value is -3.27. The fraction of sp³-hybridized carbons (Fsp3) is 0.261. The van der Waals surface area contributed by atoms with Gasteiger partial charge in [-0.05, 0) is 26.0 Å². The molecule has 8 nitrogen and oxygen atoms in total. The number of nitrogens with zero attached hydrogens (tertiary/aromatic N) is 4. The van der Waals surface area contributed by atoms with E-state index in [2.05, 4.69) is 20.4 Å².